The van der Waals surface area contributed by atoms with Crippen molar-refractivity contribution in [3.05, 3.63) is 43.8 Å². The van der Waals surface area contributed by atoms with E-state index in [0.717, 1.165) is 24.4 Å². The van der Waals surface area contributed by atoms with E-state index in [1.807, 2.05) is 20.8 Å². The van der Waals surface area contributed by atoms with Crippen LogP contribution >= 0.6 is 0 Å². The maximum Gasteiger partial charge on any atom is 0.329 e. The van der Waals surface area contributed by atoms with E-state index in [4.69, 9.17) is 0 Å². The van der Waals surface area contributed by atoms with Crippen LogP contribution < -0.4 is 10.6 Å². The van der Waals surface area contributed by atoms with Gasteiger partial charge in [-0.1, -0.05) is 27.0 Å². The van der Waals surface area contributed by atoms with E-state index in [0.29, 0.717) is 18.0 Å². The summed E-state index contributed by atoms with van der Waals surface area (Å²) < 4.78 is 0. The van der Waals surface area contributed by atoms with Crippen LogP contribution in [0.25, 0.3) is 0 Å². The molecule has 0 spiro atoms. The van der Waals surface area contributed by atoms with Crippen LogP contribution in [-0.2, 0) is 37.5 Å². The van der Waals surface area contributed by atoms with E-state index >= 15 is 0 Å². The molecule has 3 N–H and O–H groups in total. The average Bonchev–Trinajstić information content (AvgIpc) is 2.94. The molecule has 1 heterocycles. The maximum atomic E-state index is 11.6. The van der Waals surface area contributed by atoms with Crippen LogP contribution in [0.3, 0.4) is 0 Å². The van der Waals surface area contributed by atoms with Crippen LogP contribution in [0.2, 0.25) is 0 Å². The Hall–Kier alpha value is -0.936. The molecule has 2 rings (SSSR count). The Kier molecular flexibility index (Phi) is 7.09. The van der Waals surface area contributed by atoms with Crippen LogP contribution in [0.15, 0.2) is 36.8 Å². The minimum absolute atomic E-state index is 0. The van der Waals surface area contributed by atoms with E-state index in [1.54, 1.807) is 0 Å². The summed E-state index contributed by atoms with van der Waals surface area (Å²) in [5.41, 5.74) is 1.09. The second-order valence-corrected chi connectivity index (χ2v) is 8.34. The second kappa shape index (κ2) is 7.97. The molecule has 1 aliphatic heterocycles. The number of hydrogen-bond acceptors (Lipinski definition) is 4. The van der Waals surface area contributed by atoms with Gasteiger partial charge in [0, 0.05) is 50.6 Å². The van der Waals surface area contributed by atoms with E-state index in [2.05, 4.69) is 49.1 Å². The van der Waals surface area contributed by atoms with Crippen molar-refractivity contribution in [2.24, 2.45) is 11.8 Å². The summed E-state index contributed by atoms with van der Waals surface area (Å²) >= 11 is 0. The van der Waals surface area contributed by atoms with Gasteiger partial charge in [0.25, 0.3) is 0 Å². The van der Waals surface area contributed by atoms with Crippen molar-refractivity contribution >= 4 is 5.97 Å². The number of carboxylic acid groups (broad SMARTS) is 1. The molecule has 0 aromatic carbocycles. The van der Waals surface area contributed by atoms with Crippen LogP contribution in [0.1, 0.15) is 40.5 Å². The normalized spacial score (nSPS) is 30.2. The monoisotopic (exact) mass is 435 g/mol. The average molecular weight is 435 g/mol. The van der Waals surface area contributed by atoms with Gasteiger partial charge in [-0.25, -0.2) is 18.3 Å². The topological polar surface area (TPSA) is 64.6 Å². The number of aliphatic carboxylic acids is 1. The van der Waals surface area contributed by atoms with Crippen molar-refractivity contribution < 1.29 is 42.6 Å². The summed E-state index contributed by atoms with van der Waals surface area (Å²) in [4.78, 5) is 13.9. The molecule has 26 heavy (non-hydrogen) atoms. The standard InChI is InChI=1S/C20H32N3O2.Y/c1-12(2)21-19(7,8)16(6)23-11-13(3)9-17(23)15(5)22-20(18(24)25)10-14(20)4;/h13-14,17,21-22H,1-2,5-6,9-11H2,3-4,7-8H3,(H,24,25);/q-1;. The van der Waals surface area contributed by atoms with Gasteiger partial charge in [0.15, 0.2) is 0 Å². The SMILES string of the molecule is C=C([CH2-])NC(C)(C)C(=C)N1CC(C)CC1C(=C)NC1(C(=O)O)CC1C.[Y]. The maximum absolute atomic E-state index is 11.6. The second-order valence-electron chi connectivity index (χ2n) is 8.34. The van der Waals surface area contributed by atoms with Gasteiger partial charge in [-0.3, -0.25) is 0 Å². The Balaban J connectivity index is 0.00000338. The molecule has 1 saturated heterocycles. The van der Waals surface area contributed by atoms with E-state index < -0.39 is 17.0 Å². The summed E-state index contributed by atoms with van der Waals surface area (Å²) in [6.45, 7) is 25.2. The van der Waals surface area contributed by atoms with E-state index in [-0.39, 0.29) is 44.7 Å². The molecule has 0 aromatic heterocycles. The zero-order valence-electron chi connectivity index (χ0n) is 16.6. The van der Waals surface area contributed by atoms with Gasteiger partial charge in [0.05, 0.1) is 11.6 Å². The summed E-state index contributed by atoms with van der Waals surface area (Å²) in [6, 6.07) is 0.0330. The first-order valence-corrected chi connectivity index (χ1v) is 8.86. The molecule has 2 fully saturated rings. The molecule has 1 aliphatic carbocycles. The zero-order chi connectivity index (χ0) is 19.2. The fraction of sp³-hybridized carbons (Fsp3) is 0.600. The number of allylic oxidation sites excluding steroid dienone is 1. The number of nitrogens with zero attached hydrogens (tertiary/aromatic N) is 1. The van der Waals surface area contributed by atoms with Crippen molar-refractivity contribution in [1.82, 2.24) is 15.5 Å². The quantitative estimate of drug-likeness (QED) is 0.512. The first-order chi connectivity index (χ1) is 11.4. The molecule has 2 aliphatic rings. The predicted octanol–water partition coefficient (Wildman–Crippen LogP) is 2.89. The summed E-state index contributed by atoms with van der Waals surface area (Å²) in [5.74, 6) is -0.200. The molecule has 0 bridgehead atoms. The zero-order valence-corrected chi connectivity index (χ0v) is 19.4. The minimum atomic E-state index is -0.856. The Morgan fingerprint density at radius 1 is 1.31 bits per heavy atom. The third-order valence-electron chi connectivity index (χ3n) is 5.54. The number of rotatable bonds is 8. The number of carboxylic acids is 1. The summed E-state index contributed by atoms with van der Waals surface area (Å²) in [5, 5.41) is 16.1. The van der Waals surface area contributed by atoms with E-state index in [1.165, 1.54) is 0 Å². The van der Waals surface area contributed by atoms with Crippen LogP contribution in [0, 0.1) is 18.8 Å². The van der Waals surface area contributed by atoms with Gasteiger partial charge in [-0.2, -0.15) is 0 Å². The summed E-state index contributed by atoms with van der Waals surface area (Å²) in [7, 11) is 0. The number of carbonyl (C=O) groups is 1. The molecule has 4 unspecified atom stereocenters. The molecule has 0 aromatic rings. The molecule has 5 nitrogen and oxygen atoms in total. The largest absolute Gasteiger partial charge is 0.479 e. The Morgan fingerprint density at radius 2 is 1.85 bits per heavy atom. The predicted molar refractivity (Wildman–Crippen MR) is 102 cm³/mol. The third kappa shape index (κ3) is 4.48. The van der Waals surface area contributed by atoms with Gasteiger partial charge >= 0.3 is 5.97 Å². The first-order valence-electron chi connectivity index (χ1n) is 8.86. The third-order valence-corrected chi connectivity index (χ3v) is 5.54. The number of nitrogens with one attached hydrogen (secondary N) is 2. The van der Waals surface area contributed by atoms with Crippen molar-refractivity contribution in [3.8, 4) is 0 Å². The smallest absolute Gasteiger partial charge is 0.329 e. The molecular weight excluding hydrogens is 403 g/mol. The van der Waals surface area contributed by atoms with Crippen molar-refractivity contribution in [3.63, 3.8) is 0 Å². The van der Waals surface area contributed by atoms with Crippen molar-refractivity contribution in [2.75, 3.05) is 6.54 Å². The molecule has 0 amide bonds. The number of hydrogen-bond donors (Lipinski definition) is 3. The Bertz CT molecular complexity index is 616. The molecule has 1 radical (unpaired) electrons. The Morgan fingerprint density at radius 3 is 2.27 bits per heavy atom. The summed E-state index contributed by atoms with van der Waals surface area (Å²) in [6.07, 6.45) is 1.56. The molecular formula is C20H32N3O2Y-. The van der Waals surface area contributed by atoms with E-state index in [9.17, 15) is 9.90 Å². The van der Waals surface area contributed by atoms with Crippen LogP contribution in [-0.4, -0.2) is 39.6 Å². The molecule has 4 atom stereocenters. The van der Waals surface area contributed by atoms with Gasteiger partial charge in [-0.05, 0) is 38.5 Å². The number of likely N-dealkylation sites (tertiary alicyclic amines) is 1. The van der Waals surface area contributed by atoms with Crippen LogP contribution in [0.4, 0.5) is 0 Å². The minimum Gasteiger partial charge on any atom is -0.479 e. The Labute approximate surface area is 183 Å². The molecule has 143 valence electrons. The molecule has 1 saturated carbocycles. The fourth-order valence-electron chi connectivity index (χ4n) is 3.87. The van der Waals surface area contributed by atoms with Crippen LogP contribution in [0.5, 0.6) is 0 Å². The molecule has 6 heteroatoms. The van der Waals surface area contributed by atoms with Crippen molar-refractivity contribution in [1.29, 1.82) is 0 Å². The van der Waals surface area contributed by atoms with Gasteiger partial charge in [-0.15, -0.1) is 5.70 Å². The van der Waals surface area contributed by atoms with Gasteiger partial charge in [0.1, 0.15) is 5.54 Å². The van der Waals surface area contributed by atoms with Gasteiger partial charge in [0.2, 0.25) is 0 Å². The first kappa shape index (κ1) is 23.1. The van der Waals surface area contributed by atoms with Crippen molar-refractivity contribution in [2.45, 2.75) is 57.7 Å². The van der Waals surface area contributed by atoms with Gasteiger partial charge < -0.3 is 20.6 Å². The fourth-order valence-corrected chi connectivity index (χ4v) is 3.87.